The van der Waals surface area contributed by atoms with Crippen molar-refractivity contribution >= 4 is 26.3 Å². The van der Waals surface area contributed by atoms with Crippen LogP contribution >= 0.6 is 0 Å². The molecule has 0 radical (unpaired) electrons. The van der Waals surface area contributed by atoms with E-state index in [0.29, 0.717) is 6.07 Å². The van der Waals surface area contributed by atoms with E-state index in [9.17, 15) is 25.8 Å². The zero-order valence-electron chi connectivity index (χ0n) is 10.6. The van der Waals surface area contributed by atoms with Gasteiger partial charge in [0, 0.05) is 17.2 Å². The highest BCUT2D eigenvalue weighted by Gasteiger charge is 2.31. The Balaban J connectivity index is 2.90. The molecule has 0 saturated heterocycles. The predicted octanol–water partition coefficient (Wildman–Crippen LogP) is 1.83. The van der Waals surface area contributed by atoms with E-state index in [1.54, 1.807) is 0 Å². The first kappa shape index (κ1) is 17.0. The van der Waals surface area contributed by atoms with Crippen LogP contribution in [0.15, 0.2) is 23.1 Å². The van der Waals surface area contributed by atoms with Crippen LogP contribution in [-0.4, -0.2) is 29.9 Å². The van der Waals surface area contributed by atoms with Gasteiger partial charge in [-0.1, -0.05) is 6.92 Å². The molecular formula is C11H14F3NO3S2. The molecule has 0 aromatic heterocycles. The smallest absolute Gasteiger partial charge is 0.398 e. The Morgan fingerprint density at radius 3 is 2.35 bits per heavy atom. The summed E-state index contributed by atoms with van der Waals surface area (Å²) < 4.78 is 71.8. The molecule has 20 heavy (non-hydrogen) atoms. The van der Waals surface area contributed by atoms with Crippen molar-refractivity contribution in [3.8, 4) is 0 Å². The van der Waals surface area contributed by atoms with Gasteiger partial charge in [0.25, 0.3) is 0 Å². The fourth-order valence-electron chi connectivity index (χ4n) is 1.39. The third kappa shape index (κ3) is 4.48. The number of anilines is 1. The van der Waals surface area contributed by atoms with Gasteiger partial charge in [0.1, 0.15) is 0 Å². The van der Waals surface area contributed by atoms with E-state index in [4.69, 9.17) is 5.73 Å². The third-order valence-corrected chi connectivity index (χ3v) is 6.00. The summed E-state index contributed by atoms with van der Waals surface area (Å²) in [6.07, 6.45) is -4.53. The molecule has 0 saturated carbocycles. The van der Waals surface area contributed by atoms with E-state index in [1.807, 2.05) is 0 Å². The van der Waals surface area contributed by atoms with Gasteiger partial charge in [-0.3, -0.25) is 4.21 Å². The normalized spacial score (nSPS) is 14.2. The van der Waals surface area contributed by atoms with E-state index in [2.05, 4.69) is 0 Å². The molecule has 114 valence electrons. The molecule has 1 atom stereocenters. The molecule has 0 heterocycles. The van der Waals surface area contributed by atoms with Gasteiger partial charge < -0.3 is 5.73 Å². The average molecular weight is 329 g/mol. The van der Waals surface area contributed by atoms with Gasteiger partial charge in [0.15, 0.2) is 9.84 Å². The third-order valence-electron chi connectivity index (χ3n) is 2.60. The molecule has 0 aliphatic carbocycles. The lowest BCUT2D eigenvalue weighted by molar-refractivity contribution is -0.137. The van der Waals surface area contributed by atoms with Gasteiger partial charge in [-0.15, -0.1) is 0 Å². The molecule has 1 aromatic rings. The standard InChI is InChI=1S/C11H14F3NO3S2/c1-2-20(17,18)6-5-19(16)10-4-3-8(7-9(10)15)11(12,13)14/h3-4,7H,2,5-6,15H2,1H3. The molecule has 0 fully saturated rings. The Labute approximate surface area is 117 Å². The summed E-state index contributed by atoms with van der Waals surface area (Å²) in [5.41, 5.74) is 4.26. The minimum atomic E-state index is -4.53. The molecular weight excluding hydrogens is 315 g/mol. The SMILES string of the molecule is CCS(=O)(=O)CCS(=O)c1ccc(C(F)(F)F)cc1N. The lowest BCUT2D eigenvalue weighted by Crippen LogP contribution is -2.16. The number of hydrogen-bond donors (Lipinski definition) is 1. The van der Waals surface area contributed by atoms with Crippen LogP contribution in [0.3, 0.4) is 0 Å². The monoisotopic (exact) mass is 329 g/mol. The number of benzene rings is 1. The van der Waals surface area contributed by atoms with E-state index >= 15 is 0 Å². The summed E-state index contributed by atoms with van der Waals surface area (Å²) in [6.45, 7) is 1.46. The number of nitrogen functional groups attached to an aromatic ring is 1. The summed E-state index contributed by atoms with van der Waals surface area (Å²) in [7, 11) is -5.03. The predicted molar refractivity (Wildman–Crippen MR) is 71.5 cm³/mol. The van der Waals surface area contributed by atoms with Crippen molar-refractivity contribution in [1.82, 2.24) is 0 Å². The van der Waals surface area contributed by atoms with Crippen molar-refractivity contribution in [2.45, 2.75) is 18.0 Å². The number of alkyl halides is 3. The summed E-state index contributed by atoms with van der Waals surface area (Å²) in [5, 5.41) is 0. The Hall–Kier alpha value is -1.09. The highest BCUT2D eigenvalue weighted by Crippen LogP contribution is 2.32. The first-order valence-electron chi connectivity index (χ1n) is 5.62. The zero-order chi connectivity index (χ0) is 15.6. The summed E-state index contributed by atoms with van der Waals surface area (Å²) >= 11 is 0. The van der Waals surface area contributed by atoms with Crippen molar-refractivity contribution in [2.75, 3.05) is 23.0 Å². The fourth-order valence-corrected chi connectivity index (χ4v) is 4.06. The minimum absolute atomic E-state index is 0.0179. The van der Waals surface area contributed by atoms with Gasteiger partial charge in [-0.25, -0.2) is 8.42 Å². The second kappa shape index (κ2) is 6.13. The summed E-state index contributed by atoms with van der Waals surface area (Å²) in [4.78, 5) is 0.0179. The number of rotatable bonds is 5. The topological polar surface area (TPSA) is 77.2 Å². The van der Waals surface area contributed by atoms with Gasteiger partial charge in [-0.2, -0.15) is 13.2 Å². The van der Waals surface area contributed by atoms with Gasteiger partial charge in [0.2, 0.25) is 0 Å². The van der Waals surface area contributed by atoms with Crippen LogP contribution in [0, 0.1) is 0 Å². The van der Waals surface area contributed by atoms with Gasteiger partial charge in [0.05, 0.1) is 27.0 Å². The van der Waals surface area contributed by atoms with Crippen LogP contribution in [0.1, 0.15) is 12.5 Å². The van der Waals surface area contributed by atoms with E-state index in [-0.39, 0.29) is 27.8 Å². The number of nitrogens with two attached hydrogens (primary N) is 1. The van der Waals surface area contributed by atoms with Crippen LogP contribution in [0.2, 0.25) is 0 Å². The van der Waals surface area contributed by atoms with Crippen molar-refractivity contribution in [1.29, 1.82) is 0 Å². The summed E-state index contributed by atoms with van der Waals surface area (Å²) in [6, 6.07) is 2.49. The zero-order valence-corrected chi connectivity index (χ0v) is 12.2. The molecule has 0 spiro atoms. The van der Waals surface area contributed by atoms with Crippen LogP contribution in [0.5, 0.6) is 0 Å². The maximum Gasteiger partial charge on any atom is 0.416 e. The molecule has 0 aliphatic rings. The Morgan fingerprint density at radius 2 is 1.90 bits per heavy atom. The van der Waals surface area contributed by atoms with Gasteiger partial charge in [-0.05, 0) is 18.2 Å². The van der Waals surface area contributed by atoms with E-state index in [1.165, 1.54) is 6.92 Å². The van der Waals surface area contributed by atoms with Crippen molar-refractivity contribution < 1.29 is 25.8 Å². The highest BCUT2D eigenvalue weighted by molar-refractivity contribution is 7.93. The van der Waals surface area contributed by atoms with Gasteiger partial charge >= 0.3 is 6.18 Å². The molecule has 1 unspecified atom stereocenters. The lowest BCUT2D eigenvalue weighted by Gasteiger charge is -2.10. The molecule has 0 bridgehead atoms. The quantitative estimate of drug-likeness (QED) is 0.836. The molecule has 2 N–H and O–H groups in total. The van der Waals surface area contributed by atoms with Crippen molar-refractivity contribution in [2.24, 2.45) is 0 Å². The molecule has 1 rings (SSSR count). The maximum absolute atomic E-state index is 12.4. The minimum Gasteiger partial charge on any atom is -0.398 e. The van der Waals surface area contributed by atoms with Crippen molar-refractivity contribution in [3.05, 3.63) is 23.8 Å². The highest BCUT2D eigenvalue weighted by atomic mass is 32.2. The summed E-state index contributed by atoms with van der Waals surface area (Å²) in [5.74, 6) is -0.561. The van der Waals surface area contributed by atoms with Crippen LogP contribution in [0.4, 0.5) is 18.9 Å². The molecule has 4 nitrogen and oxygen atoms in total. The maximum atomic E-state index is 12.4. The second-order valence-electron chi connectivity index (χ2n) is 4.04. The average Bonchev–Trinajstić information content (AvgIpc) is 2.35. The molecule has 9 heteroatoms. The fraction of sp³-hybridized carbons (Fsp3) is 0.455. The molecule has 0 aliphatic heterocycles. The van der Waals surface area contributed by atoms with Crippen LogP contribution in [-0.2, 0) is 26.8 Å². The van der Waals surface area contributed by atoms with E-state index < -0.39 is 32.4 Å². The Morgan fingerprint density at radius 1 is 1.30 bits per heavy atom. The number of sulfone groups is 1. The van der Waals surface area contributed by atoms with Crippen molar-refractivity contribution in [3.63, 3.8) is 0 Å². The first-order chi connectivity index (χ1) is 9.07. The van der Waals surface area contributed by atoms with Crippen LogP contribution < -0.4 is 5.73 Å². The molecule has 0 amide bonds. The second-order valence-corrected chi connectivity index (χ2v) is 8.05. The van der Waals surface area contributed by atoms with E-state index in [0.717, 1.165) is 12.1 Å². The Kier molecular flexibility index (Phi) is 5.20. The lowest BCUT2D eigenvalue weighted by atomic mass is 10.2. The molecule has 1 aromatic carbocycles. The Bertz CT molecular complexity index is 612. The first-order valence-corrected chi connectivity index (χ1v) is 8.76. The number of halogens is 3. The largest absolute Gasteiger partial charge is 0.416 e. The number of hydrogen-bond acceptors (Lipinski definition) is 4. The van der Waals surface area contributed by atoms with Crippen LogP contribution in [0.25, 0.3) is 0 Å².